The van der Waals surface area contributed by atoms with E-state index in [0.29, 0.717) is 28.5 Å². The number of phenols is 1. The Labute approximate surface area is 127 Å². The monoisotopic (exact) mass is 303 g/mol. The first-order valence-corrected chi connectivity index (χ1v) is 6.64. The maximum Gasteiger partial charge on any atom is 0.165 e. The number of anilines is 1. The van der Waals surface area contributed by atoms with E-state index in [0.717, 1.165) is 0 Å². The van der Waals surface area contributed by atoms with E-state index in [1.165, 1.54) is 12.3 Å². The number of hydrogen-bond donors (Lipinski definition) is 3. The number of nitrogens with zero attached hydrogens (tertiary/aromatic N) is 3. The van der Waals surface area contributed by atoms with Crippen molar-refractivity contribution in [1.82, 2.24) is 9.97 Å². The predicted molar refractivity (Wildman–Crippen MR) is 81.0 cm³/mol. The third-order valence-corrected chi connectivity index (χ3v) is 2.94. The lowest BCUT2D eigenvalue weighted by Crippen LogP contribution is -2.26. The van der Waals surface area contributed by atoms with Gasteiger partial charge in [0.05, 0.1) is 11.8 Å². The summed E-state index contributed by atoms with van der Waals surface area (Å²) in [4.78, 5) is 8.35. The largest absolute Gasteiger partial charge is 0.507 e. The number of halogens is 1. The van der Waals surface area contributed by atoms with Crippen LogP contribution in [0.2, 0.25) is 5.02 Å². The molecule has 0 aliphatic rings. The third-order valence-electron chi connectivity index (χ3n) is 2.70. The molecule has 0 bridgehead atoms. The second-order valence-corrected chi connectivity index (χ2v) is 5.02. The molecule has 1 atom stereocenters. The summed E-state index contributed by atoms with van der Waals surface area (Å²) >= 11 is 5.92. The molecule has 0 saturated carbocycles. The number of rotatable bonds is 4. The van der Waals surface area contributed by atoms with Gasteiger partial charge in [-0.1, -0.05) is 11.6 Å². The van der Waals surface area contributed by atoms with E-state index in [-0.39, 0.29) is 17.6 Å². The van der Waals surface area contributed by atoms with E-state index >= 15 is 0 Å². The first-order valence-electron chi connectivity index (χ1n) is 6.26. The van der Waals surface area contributed by atoms with Crippen LogP contribution in [0.4, 0.5) is 5.82 Å². The first-order chi connectivity index (χ1) is 10.0. The molecule has 0 aliphatic heterocycles. The molecule has 2 aromatic rings. The molecule has 1 aromatic carbocycles. The van der Waals surface area contributed by atoms with Crippen LogP contribution >= 0.6 is 11.6 Å². The molecule has 0 saturated heterocycles. The second-order valence-electron chi connectivity index (χ2n) is 4.59. The number of nitrogens with one attached hydrogen (secondary N) is 1. The molecule has 2 rings (SSSR count). The molecular weight excluding hydrogens is 290 g/mol. The topological polar surface area (TPSA) is 108 Å². The number of benzene rings is 1. The van der Waals surface area contributed by atoms with Crippen LogP contribution in [0.15, 0.2) is 24.4 Å². The maximum absolute atomic E-state index is 9.88. The molecule has 1 aromatic heterocycles. The number of phenolic OH excluding ortho intramolecular Hbond substituents is 1. The highest BCUT2D eigenvalue weighted by Crippen LogP contribution is 2.30. The van der Waals surface area contributed by atoms with E-state index < -0.39 is 0 Å². The average Bonchev–Trinajstić information content (AvgIpc) is 2.47. The van der Waals surface area contributed by atoms with Crippen LogP contribution in [0, 0.1) is 11.3 Å². The van der Waals surface area contributed by atoms with E-state index in [1.54, 1.807) is 12.1 Å². The molecule has 21 heavy (non-hydrogen) atoms. The highest BCUT2D eigenvalue weighted by molar-refractivity contribution is 6.30. The van der Waals surface area contributed by atoms with Gasteiger partial charge in [0.25, 0.3) is 0 Å². The highest BCUT2D eigenvalue weighted by atomic mass is 35.5. The number of nitriles is 1. The zero-order valence-corrected chi connectivity index (χ0v) is 12.1. The summed E-state index contributed by atoms with van der Waals surface area (Å²) in [6.45, 7) is 2.30. The Hall–Kier alpha value is -2.36. The molecule has 0 aliphatic carbocycles. The van der Waals surface area contributed by atoms with Gasteiger partial charge >= 0.3 is 0 Å². The highest BCUT2D eigenvalue weighted by Gasteiger charge is 2.12. The Kier molecular flexibility index (Phi) is 4.58. The van der Waals surface area contributed by atoms with Crippen LogP contribution in [0.3, 0.4) is 0 Å². The quantitative estimate of drug-likeness (QED) is 0.798. The van der Waals surface area contributed by atoms with Crippen LogP contribution in [0.1, 0.15) is 12.5 Å². The predicted octanol–water partition coefficient (Wildman–Crippen LogP) is 2.13. The molecule has 6 nitrogen and oxygen atoms in total. The Balaban J connectivity index is 2.44. The molecule has 108 valence electrons. The van der Waals surface area contributed by atoms with E-state index in [2.05, 4.69) is 15.3 Å². The fourth-order valence-electron chi connectivity index (χ4n) is 1.67. The van der Waals surface area contributed by atoms with Gasteiger partial charge in [-0.25, -0.2) is 9.97 Å². The van der Waals surface area contributed by atoms with Crippen molar-refractivity contribution in [2.45, 2.75) is 13.0 Å². The van der Waals surface area contributed by atoms with Crippen LogP contribution in [-0.2, 0) is 0 Å². The Bertz CT molecular complexity index is 696. The van der Waals surface area contributed by atoms with Gasteiger partial charge in [-0.3, -0.25) is 0 Å². The minimum absolute atomic E-state index is 0.0160. The summed E-state index contributed by atoms with van der Waals surface area (Å²) in [6.07, 6.45) is 1.40. The summed E-state index contributed by atoms with van der Waals surface area (Å²) in [6, 6.07) is 6.52. The smallest absolute Gasteiger partial charge is 0.165 e. The van der Waals surface area contributed by atoms with Gasteiger partial charge in [0, 0.05) is 17.6 Å². The van der Waals surface area contributed by atoms with E-state index in [1.807, 2.05) is 13.0 Å². The van der Waals surface area contributed by atoms with Gasteiger partial charge in [0.1, 0.15) is 23.2 Å². The minimum atomic E-state index is -0.0884. The molecule has 7 heteroatoms. The van der Waals surface area contributed by atoms with Crippen molar-refractivity contribution in [1.29, 1.82) is 5.26 Å². The Morgan fingerprint density at radius 3 is 2.95 bits per heavy atom. The summed E-state index contributed by atoms with van der Waals surface area (Å²) in [5.41, 5.74) is 6.38. The van der Waals surface area contributed by atoms with Crippen LogP contribution in [0.25, 0.3) is 11.4 Å². The zero-order chi connectivity index (χ0) is 15.4. The first kappa shape index (κ1) is 15.0. The minimum Gasteiger partial charge on any atom is -0.507 e. The number of nitrogens with two attached hydrogens (primary N) is 1. The van der Waals surface area contributed by atoms with E-state index in [4.69, 9.17) is 22.6 Å². The number of hydrogen-bond acceptors (Lipinski definition) is 6. The molecule has 1 heterocycles. The molecule has 0 radical (unpaired) electrons. The molecule has 4 N–H and O–H groups in total. The SMILES string of the molecule is CC(N)CNc1nc(-c2cc(Cl)ccc2O)ncc1C#N. The average molecular weight is 304 g/mol. The molecule has 0 fully saturated rings. The van der Waals surface area contributed by atoms with Crippen molar-refractivity contribution < 1.29 is 5.11 Å². The lowest BCUT2D eigenvalue weighted by Gasteiger charge is -2.11. The summed E-state index contributed by atoms with van der Waals surface area (Å²) in [5.74, 6) is 0.669. The molecule has 0 amide bonds. The van der Waals surface area contributed by atoms with Gasteiger partial charge in [-0.2, -0.15) is 5.26 Å². The Morgan fingerprint density at radius 2 is 2.29 bits per heavy atom. The fraction of sp³-hybridized carbons (Fsp3) is 0.214. The normalized spacial score (nSPS) is 11.7. The maximum atomic E-state index is 9.88. The van der Waals surface area contributed by atoms with Crippen molar-refractivity contribution in [3.63, 3.8) is 0 Å². The Morgan fingerprint density at radius 1 is 1.52 bits per heavy atom. The lowest BCUT2D eigenvalue weighted by atomic mass is 10.2. The van der Waals surface area contributed by atoms with Crippen LogP contribution in [0.5, 0.6) is 5.75 Å². The number of aromatic hydroxyl groups is 1. The summed E-state index contributed by atoms with van der Waals surface area (Å²) in [7, 11) is 0. The van der Waals surface area contributed by atoms with Gasteiger partial charge in [-0.15, -0.1) is 0 Å². The number of aromatic nitrogens is 2. The van der Waals surface area contributed by atoms with Gasteiger partial charge in [-0.05, 0) is 25.1 Å². The van der Waals surface area contributed by atoms with Gasteiger partial charge < -0.3 is 16.2 Å². The van der Waals surface area contributed by atoms with Crippen molar-refractivity contribution in [3.05, 3.63) is 35.0 Å². The molecular formula is C14H14ClN5O. The van der Waals surface area contributed by atoms with E-state index in [9.17, 15) is 5.11 Å². The van der Waals surface area contributed by atoms with Crippen molar-refractivity contribution >= 4 is 17.4 Å². The lowest BCUT2D eigenvalue weighted by molar-refractivity contribution is 0.477. The summed E-state index contributed by atoms with van der Waals surface area (Å²) in [5, 5.41) is 22.4. The van der Waals surface area contributed by atoms with Crippen molar-refractivity contribution in [3.8, 4) is 23.2 Å². The second kappa shape index (κ2) is 6.39. The van der Waals surface area contributed by atoms with Crippen LogP contribution in [-0.4, -0.2) is 27.7 Å². The standard InChI is InChI=1S/C14H14ClN5O/c1-8(17)6-18-13-9(5-16)7-19-14(20-13)11-4-10(15)2-3-12(11)21/h2-4,7-8,21H,6,17H2,1H3,(H,18,19,20). The van der Waals surface area contributed by atoms with Gasteiger partial charge in [0.2, 0.25) is 0 Å². The summed E-state index contributed by atoms with van der Waals surface area (Å²) < 4.78 is 0. The zero-order valence-electron chi connectivity index (χ0n) is 11.3. The molecule has 0 spiro atoms. The third kappa shape index (κ3) is 3.60. The van der Waals surface area contributed by atoms with Crippen molar-refractivity contribution in [2.24, 2.45) is 5.73 Å². The fourth-order valence-corrected chi connectivity index (χ4v) is 1.85. The van der Waals surface area contributed by atoms with Crippen molar-refractivity contribution in [2.75, 3.05) is 11.9 Å². The van der Waals surface area contributed by atoms with Crippen LogP contribution < -0.4 is 11.1 Å². The molecule has 1 unspecified atom stereocenters. The van der Waals surface area contributed by atoms with Gasteiger partial charge in [0.15, 0.2) is 5.82 Å².